The van der Waals surface area contributed by atoms with Crippen LogP contribution in [0.4, 0.5) is 0 Å². The molecule has 1 aromatic heterocycles. The standard InChI is InChI=1S/C20H17Br2N/c21-14-17-7-3-5-15(12-17)11-16-6-4-8-18(13-16)20(22)19-9-1-2-10-23-19/h1-10,12-13,20H,11,14H2. The zero-order valence-corrected chi connectivity index (χ0v) is 15.8. The van der Waals surface area contributed by atoms with E-state index in [1.54, 1.807) is 0 Å². The van der Waals surface area contributed by atoms with Gasteiger partial charge in [-0.15, -0.1) is 0 Å². The monoisotopic (exact) mass is 429 g/mol. The molecule has 3 rings (SSSR count). The van der Waals surface area contributed by atoms with Crippen molar-refractivity contribution in [1.29, 1.82) is 0 Å². The van der Waals surface area contributed by atoms with Crippen molar-refractivity contribution in [1.82, 2.24) is 4.98 Å². The van der Waals surface area contributed by atoms with Gasteiger partial charge < -0.3 is 0 Å². The zero-order valence-electron chi connectivity index (χ0n) is 12.6. The molecule has 3 heteroatoms. The van der Waals surface area contributed by atoms with Gasteiger partial charge in [-0.2, -0.15) is 0 Å². The van der Waals surface area contributed by atoms with Gasteiger partial charge in [0.15, 0.2) is 0 Å². The van der Waals surface area contributed by atoms with Crippen LogP contribution in [-0.4, -0.2) is 4.98 Å². The average Bonchev–Trinajstić information content (AvgIpc) is 2.62. The van der Waals surface area contributed by atoms with Crippen LogP contribution in [0.2, 0.25) is 0 Å². The van der Waals surface area contributed by atoms with Crippen molar-refractivity contribution in [3.05, 3.63) is 101 Å². The van der Waals surface area contributed by atoms with Gasteiger partial charge in [0.05, 0.1) is 10.5 Å². The lowest BCUT2D eigenvalue weighted by molar-refractivity contribution is 1.05. The predicted octanol–water partition coefficient (Wildman–Crippen LogP) is 6.05. The Bertz CT molecular complexity index is 771. The van der Waals surface area contributed by atoms with Crippen LogP contribution in [0.3, 0.4) is 0 Å². The third-order valence-corrected chi connectivity index (χ3v) is 5.39. The SMILES string of the molecule is BrCc1cccc(Cc2cccc(C(Br)c3ccccn3)c2)c1. The van der Waals surface area contributed by atoms with E-state index in [4.69, 9.17) is 0 Å². The van der Waals surface area contributed by atoms with Crippen LogP contribution in [0, 0.1) is 0 Å². The van der Waals surface area contributed by atoms with Crippen LogP contribution in [0.15, 0.2) is 72.9 Å². The number of halogens is 2. The number of hydrogen-bond acceptors (Lipinski definition) is 1. The minimum atomic E-state index is 0.123. The molecule has 3 aromatic rings. The van der Waals surface area contributed by atoms with E-state index >= 15 is 0 Å². The number of hydrogen-bond donors (Lipinski definition) is 0. The van der Waals surface area contributed by atoms with Gasteiger partial charge in [-0.3, -0.25) is 4.98 Å². The van der Waals surface area contributed by atoms with E-state index in [0.29, 0.717) is 0 Å². The summed E-state index contributed by atoms with van der Waals surface area (Å²) in [5, 5.41) is 0.893. The number of aromatic nitrogens is 1. The van der Waals surface area contributed by atoms with Gasteiger partial charge in [0.1, 0.15) is 0 Å². The Balaban J connectivity index is 1.82. The summed E-state index contributed by atoms with van der Waals surface area (Å²) in [4.78, 5) is 4.56. The van der Waals surface area contributed by atoms with E-state index in [9.17, 15) is 0 Å². The van der Waals surface area contributed by atoms with Gasteiger partial charge >= 0.3 is 0 Å². The Kier molecular flexibility index (Phi) is 5.63. The van der Waals surface area contributed by atoms with Gasteiger partial charge in [0.2, 0.25) is 0 Å². The molecule has 1 nitrogen and oxygen atoms in total. The van der Waals surface area contributed by atoms with Gasteiger partial charge in [-0.05, 0) is 40.8 Å². The predicted molar refractivity (Wildman–Crippen MR) is 103 cm³/mol. The van der Waals surface area contributed by atoms with E-state index in [1.165, 1.54) is 22.3 Å². The first-order valence-corrected chi connectivity index (χ1v) is 9.57. The Labute approximate surface area is 154 Å². The first-order chi connectivity index (χ1) is 11.3. The lowest BCUT2D eigenvalue weighted by Crippen LogP contribution is -1.97. The molecule has 0 saturated heterocycles. The molecule has 1 unspecified atom stereocenters. The molecule has 0 spiro atoms. The first-order valence-electron chi connectivity index (χ1n) is 7.54. The molecular formula is C20H17Br2N. The van der Waals surface area contributed by atoms with Crippen molar-refractivity contribution < 1.29 is 0 Å². The lowest BCUT2D eigenvalue weighted by Gasteiger charge is -2.11. The molecule has 0 fully saturated rings. The Morgan fingerprint density at radius 2 is 1.57 bits per heavy atom. The van der Waals surface area contributed by atoms with E-state index in [1.807, 2.05) is 24.4 Å². The van der Waals surface area contributed by atoms with Crippen molar-refractivity contribution in [2.45, 2.75) is 16.6 Å². The molecule has 116 valence electrons. The number of pyridine rings is 1. The highest BCUT2D eigenvalue weighted by molar-refractivity contribution is 9.09. The molecule has 0 aliphatic heterocycles. The van der Waals surface area contributed by atoms with E-state index in [-0.39, 0.29) is 4.83 Å². The van der Waals surface area contributed by atoms with Gasteiger partial charge in [-0.1, -0.05) is 86.5 Å². The summed E-state index contributed by atoms with van der Waals surface area (Å²) in [6.07, 6.45) is 2.77. The molecule has 0 radical (unpaired) electrons. The summed E-state index contributed by atoms with van der Waals surface area (Å²) < 4.78 is 0. The topological polar surface area (TPSA) is 12.9 Å². The van der Waals surface area contributed by atoms with E-state index in [0.717, 1.165) is 17.4 Å². The van der Waals surface area contributed by atoms with Crippen LogP contribution in [0.1, 0.15) is 32.8 Å². The molecule has 0 saturated carbocycles. The zero-order chi connectivity index (χ0) is 16.1. The smallest absolute Gasteiger partial charge is 0.0817 e. The van der Waals surface area contributed by atoms with Crippen LogP contribution in [-0.2, 0) is 11.8 Å². The second-order valence-corrected chi connectivity index (χ2v) is 6.97. The third-order valence-electron chi connectivity index (χ3n) is 3.75. The molecule has 0 aliphatic carbocycles. The number of benzene rings is 2. The lowest BCUT2D eigenvalue weighted by atomic mass is 10.00. The van der Waals surface area contributed by atoms with E-state index in [2.05, 4.69) is 85.4 Å². The van der Waals surface area contributed by atoms with Crippen LogP contribution < -0.4 is 0 Å². The molecular weight excluding hydrogens is 414 g/mol. The van der Waals surface area contributed by atoms with Crippen molar-refractivity contribution in [2.75, 3.05) is 0 Å². The average molecular weight is 431 g/mol. The maximum atomic E-state index is 4.44. The van der Waals surface area contributed by atoms with Crippen LogP contribution >= 0.6 is 31.9 Å². The summed E-state index contributed by atoms with van der Waals surface area (Å²) in [5.41, 5.74) is 6.23. The quantitative estimate of drug-likeness (QED) is 0.449. The fraction of sp³-hybridized carbons (Fsp3) is 0.150. The maximum absolute atomic E-state index is 4.44. The molecule has 23 heavy (non-hydrogen) atoms. The van der Waals surface area contributed by atoms with Crippen LogP contribution in [0.25, 0.3) is 0 Å². The van der Waals surface area contributed by atoms with Gasteiger partial charge in [0, 0.05) is 11.5 Å². The highest BCUT2D eigenvalue weighted by Crippen LogP contribution is 2.30. The normalized spacial score (nSPS) is 12.1. The molecule has 0 N–H and O–H groups in total. The molecule has 0 aliphatic rings. The fourth-order valence-corrected chi connectivity index (χ4v) is 3.52. The highest BCUT2D eigenvalue weighted by atomic mass is 79.9. The number of alkyl halides is 2. The maximum Gasteiger partial charge on any atom is 0.0817 e. The minimum Gasteiger partial charge on any atom is -0.260 e. The second-order valence-electron chi connectivity index (χ2n) is 5.49. The number of rotatable bonds is 5. The number of nitrogens with zero attached hydrogens (tertiary/aromatic N) is 1. The molecule has 1 atom stereocenters. The summed E-state index contributed by atoms with van der Waals surface area (Å²) in [6, 6.07) is 23.4. The molecule has 0 amide bonds. The summed E-state index contributed by atoms with van der Waals surface area (Å²) in [5.74, 6) is 0. The van der Waals surface area contributed by atoms with Crippen molar-refractivity contribution in [3.63, 3.8) is 0 Å². The van der Waals surface area contributed by atoms with Gasteiger partial charge in [-0.25, -0.2) is 0 Å². The summed E-state index contributed by atoms with van der Waals surface area (Å²) >= 11 is 7.29. The summed E-state index contributed by atoms with van der Waals surface area (Å²) in [7, 11) is 0. The molecule has 1 heterocycles. The Hall–Kier alpha value is -1.45. The van der Waals surface area contributed by atoms with Crippen molar-refractivity contribution in [3.8, 4) is 0 Å². The molecule has 2 aromatic carbocycles. The highest BCUT2D eigenvalue weighted by Gasteiger charge is 2.11. The van der Waals surface area contributed by atoms with Gasteiger partial charge in [0.25, 0.3) is 0 Å². The van der Waals surface area contributed by atoms with Crippen molar-refractivity contribution >= 4 is 31.9 Å². The second kappa shape index (κ2) is 7.89. The Morgan fingerprint density at radius 3 is 2.30 bits per heavy atom. The summed E-state index contributed by atoms with van der Waals surface area (Å²) in [6.45, 7) is 0. The van der Waals surface area contributed by atoms with Crippen molar-refractivity contribution in [2.24, 2.45) is 0 Å². The minimum absolute atomic E-state index is 0.123. The third kappa shape index (κ3) is 4.30. The Morgan fingerprint density at radius 1 is 0.826 bits per heavy atom. The molecule has 0 bridgehead atoms. The van der Waals surface area contributed by atoms with Crippen LogP contribution in [0.5, 0.6) is 0 Å². The fourth-order valence-electron chi connectivity index (χ4n) is 2.62. The first kappa shape index (κ1) is 16.4. The van der Waals surface area contributed by atoms with E-state index < -0.39 is 0 Å². The largest absolute Gasteiger partial charge is 0.260 e.